The number of hydrazone groups is 1. The molecule has 0 spiro atoms. The van der Waals surface area contributed by atoms with E-state index in [1.54, 1.807) is 54.6 Å². The van der Waals surface area contributed by atoms with Gasteiger partial charge in [0, 0.05) is 11.3 Å². The Morgan fingerprint density at radius 3 is 2.33 bits per heavy atom. The Kier molecular flexibility index (Phi) is 7.16. The Balaban J connectivity index is 1.56. The van der Waals surface area contributed by atoms with Crippen LogP contribution in [0.5, 0.6) is 11.5 Å². The number of ether oxygens (including phenoxy) is 2. The minimum atomic E-state index is -0.303. The molecule has 0 heterocycles. The van der Waals surface area contributed by atoms with E-state index in [0.29, 0.717) is 28.3 Å². The molecule has 7 heteroatoms. The molecule has 0 radical (unpaired) electrons. The molecule has 0 fully saturated rings. The predicted octanol–water partition coefficient (Wildman–Crippen LogP) is 3.48. The largest absolute Gasteiger partial charge is 0.493 e. The van der Waals surface area contributed by atoms with Crippen molar-refractivity contribution in [3.8, 4) is 11.5 Å². The first kappa shape index (κ1) is 20.6. The highest BCUT2D eigenvalue weighted by Crippen LogP contribution is 2.27. The molecular formula is C23H21N3O4. The van der Waals surface area contributed by atoms with Crippen LogP contribution in [0.4, 0.5) is 5.69 Å². The molecule has 0 aliphatic rings. The summed E-state index contributed by atoms with van der Waals surface area (Å²) in [5.41, 5.74) is 4.38. The van der Waals surface area contributed by atoms with Crippen LogP contribution in [-0.4, -0.2) is 31.7 Å². The third kappa shape index (κ3) is 5.93. The van der Waals surface area contributed by atoms with Gasteiger partial charge in [-0.05, 0) is 48.0 Å². The van der Waals surface area contributed by atoms with E-state index in [2.05, 4.69) is 15.8 Å². The standard InChI is InChI=1S/C23H21N3O4/c1-29-21-14-17(15-24-26-23(28)18-8-4-2-5-9-18)12-13-20(21)30-16-22(27)25-19-10-6-3-7-11-19/h2-15H,16H2,1H3,(H,25,27)(H,26,28)/b24-15+. The van der Waals surface area contributed by atoms with E-state index >= 15 is 0 Å². The lowest BCUT2D eigenvalue weighted by Crippen LogP contribution is -2.20. The fourth-order valence-electron chi connectivity index (χ4n) is 2.57. The van der Waals surface area contributed by atoms with Gasteiger partial charge in [0.1, 0.15) is 0 Å². The van der Waals surface area contributed by atoms with Crippen molar-refractivity contribution in [1.82, 2.24) is 5.43 Å². The quantitative estimate of drug-likeness (QED) is 0.445. The first-order valence-corrected chi connectivity index (χ1v) is 9.20. The fourth-order valence-corrected chi connectivity index (χ4v) is 2.57. The van der Waals surface area contributed by atoms with Crippen LogP contribution in [0.1, 0.15) is 15.9 Å². The van der Waals surface area contributed by atoms with Gasteiger partial charge >= 0.3 is 0 Å². The van der Waals surface area contributed by atoms with Crippen LogP contribution >= 0.6 is 0 Å². The number of amides is 2. The summed E-state index contributed by atoms with van der Waals surface area (Å²) in [6.07, 6.45) is 1.50. The first-order valence-electron chi connectivity index (χ1n) is 9.20. The second kappa shape index (κ2) is 10.4. The lowest BCUT2D eigenvalue weighted by molar-refractivity contribution is -0.118. The maximum Gasteiger partial charge on any atom is 0.271 e. The summed E-state index contributed by atoms with van der Waals surface area (Å²) in [7, 11) is 1.50. The smallest absolute Gasteiger partial charge is 0.271 e. The van der Waals surface area contributed by atoms with Crippen molar-refractivity contribution in [1.29, 1.82) is 0 Å². The fraction of sp³-hybridized carbons (Fsp3) is 0.0870. The summed E-state index contributed by atoms with van der Waals surface area (Å²) in [5.74, 6) is 0.285. The van der Waals surface area contributed by atoms with Gasteiger partial charge in [-0.15, -0.1) is 0 Å². The Morgan fingerprint density at radius 1 is 0.933 bits per heavy atom. The maximum absolute atomic E-state index is 12.0. The average molecular weight is 403 g/mol. The molecule has 3 aromatic carbocycles. The minimum absolute atomic E-state index is 0.161. The number of hydrogen-bond acceptors (Lipinski definition) is 5. The van der Waals surface area contributed by atoms with Crippen molar-refractivity contribution >= 4 is 23.7 Å². The van der Waals surface area contributed by atoms with Crippen LogP contribution in [0, 0.1) is 0 Å². The zero-order valence-corrected chi connectivity index (χ0v) is 16.4. The van der Waals surface area contributed by atoms with Gasteiger partial charge in [-0.25, -0.2) is 5.43 Å². The van der Waals surface area contributed by atoms with E-state index in [9.17, 15) is 9.59 Å². The molecule has 2 amide bonds. The molecule has 0 aliphatic carbocycles. The van der Waals surface area contributed by atoms with Crippen LogP contribution < -0.4 is 20.2 Å². The number of para-hydroxylation sites is 1. The molecule has 152 valence electrons. The van der Waals surface area contributed by atoms with E-state index < -0.39 is 0 Å². The number of methoxy groups -OCH3 is 1. The number of carbonyl (C=O) groups is 2. The van der Waals surface area contributed by atoms with Gasteiger partial charge in [0.15, 0.2) is 18.1 Å². The van der Waals surface area contributed by atoms with Crippen molar-refractivity contribution in [2.45, 2.75) is 0 Å². The number of nitrogens with zero attached hydrogens (tertiary/aromatic N) is 1. The Labute approximate surface area is 174 Å². The molecule has 0 aliphatic heterocycles. The summed E-state index contributed by atoms with van der Waals surface area (Å²) >= 11 is 0. The maximum atomic E-state index is 12.0. The molecule has 0 atom stereocenters. The third-order valence-corrected chi connectivity index (χ3v) is 4.02. The number of benzene rings is 3. The van der Waals surface area contributed by atoms with E-state index in [-0.39, 0.29) is 18.4 Å². The molecule has 0 bridgehead atoms. The molecule has 0 saturated carbocycles. The van der Waals surface area contributed by atoms with E-state index in [4.69, 9.17) is 9.47 Å². The monoisotopic (exact) mass is 403 g/mol. The zero-order valence-electron chi connectivity index (χ0n) is 16.4. The van der Waals surface area contributed by atoms with Crippen LogP contribution in [0.25, 0.3) is 0 Å². The highest BCUT2D eigenvalue weighted by atomic mass is 16.5. The summed E-state index contributed by atoms with van der Waals surface area (Å²) in [5, 5.41) is 6.71. The third-order valence-electron chi connectivity index (χ3n) is 4.02. The molecule has 2 N–H and O–H groups in total. The van der Waals surface area contributed by atoms with Gasteiger partial charge < -0.3 is 14.8 Å². The van der Waals surface area contributed by atoms with Crippen molar-refractivity contribution in [3.05, 3.63) is 90.0 Å². The van der Waals surface area contributed by atoms with Gasteiger partial charge in [-0.3, -0.25) is 9.59 Å². The second-order valence-electron chi connectivity index (χ2n) is 6.18. The number of nitrogens with one attached hydrogen (secondary N) is 2. The van der Waals surface area contributed by atoms with Crippen molar-refractivity contribution in [2.75, 3.05) is 19.0 Å². The van der Waals surface area contributed by atoms with Gasteiger partial charge in [0.2, 0.25) is 0 Å². The molecule has 3 rings (SSSR count). The van der Waals surface area contributed by atoms with Gasteiger partial charge in [-0.2, -0.15) is 5.10 Å². The second-order valence-corrected chi connectivity index (χ2v) is 6.18. The van der Waals surface area contributed by atoms with Crippen LogP contribution in [0.3, 0.4) is 0 Å². The molecule has 30 heavy (non-hydrogen) atoms. The van der Waals surface area contributed by atoms with Crippen LogP contribution in [-0.2, 0) is 4.79 Å². The lowest BCUT2D eigenvalue weighted by Gasteiger charge is -2.11. The topological polar surface area (TPSA) is 89.0 Å². The lowest BCUT2D eigenvalue weighted by atomic mass is 10.2. The van der Waals surface area contributed by atoms with Gasteiger partial charge in [-0.1, -0.05) is 36.4 Å². The molecule has 7 nitrogen and oxygen atoms in total. The van der Waals surface area contributed by atoms with Crippen molar-refractivity contribution in [3.63, 3.8) is 0 Å². The normalized spacial score (nSPS) is 10.4. The number of rotatable bonds is 8. The summed E-state index contributed by atoms with van der Waals surface area (Å²) in [4.78, 5) is 24.0. The molecule has 3 aromatic rings. The molecular weight excluding hydrogens is 382 g/mol. The van der Waals surface area contributed by atoms with Gasteiger partial charge in [0.25, 0.3) is 11.8 Å². The molecule has 0 aromatic heterocycles. The average Bonchev–Trinajstić information content (AvgIpc) is 2.79. The summed E-state index contributed by atoms with van der Waals surface area (Å²) in [6.45, 7) is -0.161. The van der Waals surface area contributed by atoms with E-state index in [0.717, 1.165) is 0 Å². The van der Waals surface area contributed by atoms with Gasteiger partial charge in [0.05, 0.1) is 13.3 Å². The summed E-state index contributed by atoms with van der Waals surface area (Å²) < 4.78 is 10.9. The highest BCUT2D eigenvalue weighted by Gasteiger charge is 2.09. The van der Waals surface area contributed by atoms with Crippen LogP contribution in [0.2, 0.25) is 0 Å². The SMILES string of the molecule is COc1cc(/C=N/NC(=O)c2ccccc2)ccc1OCC(=O)Nc1ccccc1. The first-order chi connectivity index (χ1) is 14.7. The zero-order chi connectivity index (χ0) is 21.2. The number of hydrogen-bond donors (Lipinski definition) is 2. The predicted molar refractivity (Wildman–Crippen MR) is 115 cm³/mol. The Hall–Kier alpha value is -4.13. The summed E-state index contributed by atoms with van der Waals surface area (Å²) in [6, 6.07) is 23.0. The van der Waals surface area contributed by atoms with Crippen molar-refractivity contribution < 1.29 is 19.1 Å². The number of anilines is 1. The minimum Gasteiger partial charge on any atom is -0.493 e. The van der Waals surface area contributed by atoms with Crippen LogP contribution in [0.15, 0.2) is 84.0 Å². The number of carbonyl (C=O) groups excluding carboxylic acids is 2. The molecule has 0 unspecified atom stereocenters. The van der Waals surface area contributed by atoms with Crippen molar-refractivity contribution in [2.24, 2.45) is 5.10 Å². The molecule has 0 saturated heterocycles. The Bertz CT molecular complexity index is 1020. The van der Waals surface area contributed by atoms with E-state index in [1.165, 1.54) is 13.3 Å². The Morgan fingerprint density at radius 2 is 1.63 bits per heavy atom. The highest BCUT2D eigenvalue weighted by molar-refractivity contribution is 5.95. The van der Waals surface area contributed by atoms with E-state index in [1.807, 2.05) is 24.3 Å².